The Hall–Kier alpha value is -1.44. The largest absolute Gasteiger partial charge is 0.373 e. The molecule has 0 atom stereocenters. The molecule has 1 nitrogen and oxygen atoms in total. The average molecular weight is 480 g/mol. The predicted molar refractivity (Wildman–Crippen MR) is 97.0 cm³/mol. The average Bonchev–Trinajstić information content (AvgIpc) is 2.50. The van der Waals surface area contributed by atoms with Gasteiger partial charge in [0.05, 0.1) is 13.2 Å². The molecule has 132 valence electrons. The third kappa shape index (κ3) is 5.80. The summed E-state index contributed by atoms with van der Waals surface area (Å²) in [7, 11) is 0. The van der Waals surface area contributed by atoms with Gasteiger partial charge in [-0.05, 0) is 24.3 Å². The van der Waals surface area contributed by atoms with Crippen LogP contribution in [0.2, 0.25) is 0 Å². The van der Waals surface area contributed by atoms with Crippen LogP contribution in [0.3, 0.4) is 0 Å². The molecule has 0 unspecified atom stereocenters. The second-order valence-electron chi connectivity index (χ2n) is 4.91. The summed E-state index contributed by atoms with van der Waals surface area (Å²) in [5.74, 6) is -2.76. The summed E-state index contributed by atoms with van der Waals surface area (Å²) in [6.45, 7) is 0.176. The van der Waals surface area contributed by atoms with Gasteiger partial charge in [0.15, 0.2) is 0 Å². The Morgan fingerprint density at radius 1 is 0.680 bits per heavy atom. The maximum atomic E-state index is 13.6. The summed E-state index contributed by atoms with van der Waals surface area (Å²) >= 11 is 6.00. The van der Waals surface area contributed by atoms with Gasteiger partial charge in [0, 0.05) is 20.1 Å². The zero-order chi connectivity index (χ0) is 18.4. The topological polar surface area (TPSA) is 9.23 Å². The fourth-order valence-corrected chi connectivity index (χ4v) is 2.77. The quantitative estimate of drug-likeness (QED) is 0.339. The zero-order valence-corrected chi connectivity index (χ0v) is 15.9. The molecule has 0 N–H and O–H groups in total. The Morgan fingerprint density at radius 2 is 1.00 bits per heavy atom. The Bertz CT molecular complexity index is 705. The molecule has 2 aromatic rings. The van der Waals surface area contributed by atoms with Crippen LogP contribution < -0.4 is 0 Å². The molecule has 0 aliphatic rings. The second kappa shape index (κ2) is 9.31. The highest BCUT2D eigenvalue weighted by molar-refractivity contribution is 9.10. The summed E-state index contributed by atoms with van der Waals surface area (Å²) in [5, 5.41) is 0. The van der Waals surface area contributed by atoms with E-state index in [0.29, 0.717) is 8.95 Å². The molecule has 7 heteroatoms. The monoisotopic (exact) mass is 478 g/mol. The molecule has 0 saturated carbocycles. The highest BCUT2D eigenvalue weighted by Crippen LogP contribution is 2.21. The van der Waals surface area contributed by atoms with Gasteiger partial charge in [-0.25, -0.2) is 17.6 Å². The Morgan fingerprint density at radius 3 is 1.32 bits per heavy atom. The molecular weight excluding hydrogens is 468 g/mol. The van der Waals surface area contributed by atoms with Crippen molar-refractivity contribution in [2.45, 2.75) is 0 Å². The van der Waals surface area contributed by atoms with Crippen molar-refractivity contribution in [2.24, 2.45) is 0 Å². The van der Waals surface area contributed by atoms with Crippen molar-refractivity contribution in [3.63, 3.8) is 0 Å². The molecule has 0 fully saturated rings. The van der Waals surface area contributed by atoms with Gasteiger partial charge in [-0.3, -0.25) is 0 Å². The van der Waals surface area contributed by atoms with Crippen LogP contribution in [0.4, 0.5) is 17.6 Å². The summed E-state index contributed by atoms with van der Waals surface area (Å²) in [6.07, 6.45) is 5.44. The van der Waals surface area contributed by atoms with Gasteiger partial charge < -0.3 is 4.74 Å². The van der Waals surface area contributed by atoms with Crippen molar-refractivity contribution in [3.05, 3.63) is 79.8 Å². The van der Waals surface area contributed by atoms with Crippen molar-refractivity contribution in [3.8, 4) is 0 Å². The van der Waals surface area contributed by atoms with Crippen LogP contribution in [0.15, 0.2) is 45.4 Å². The molecule has 25 heavy (non-hydrogen) atoms. The molecule has 0 aliphatic carbocycles. The minimum absolute atomic E-state index is 0.0879. The molecule has 0 bridgehead atoms. The fraction of sp³-hybridized carbons (Fsp3) is 0.111. The van der Waals surface area contributed by atoms with E-state index in [0.717, 1.165) is 24.3 Å². The van der Waals surface area contributed by atoms with E-state index in [1.807, 2.05) is 0 Å². The maximum Gasteiger partial charge on any atom is 0.134 e. The van der Waals surface area contributed by atoms with E-state index in [1.54, 1.807) is 0 Å². The van der Waals surface area contributed by atoms with Gasteiger partial charge in [0.2, 0.25) is 0 Å². The minimum atomic E-state index is -0.691. The first-order valence-electron chi connectivity index (χ1n) is 7.08. The lowest BCUT2D eigenvalue weighted by Gasteiger charge is -2.02. The maximum absolute atomic E-state index is 13.6. The van der Waals surface area contributed by atoms with Gasteiger partial charge in [-0.15, -0.1) is 0 Å². The van der Waals surface area contributed by atoms with Crippen LogP contribution >= 0.6 is 31.9 Å². The SMILES string of the molecule is Fc1cc(Br)cc(F)c1/C=C/COC/C=C/c1c(F)cc(Br)cc1F. The second-order valence-corrected chi connectivity index (χ2v) is 6.74. The summed E-state index contributed by atoms with van der Waals surface area (Å²) in [5.41, 5.74) is -0.331. The first-order valence-corrected chi connectivity index (χ1v) is 8.67. The third-order valence-electron chi connectivity index (χ3n) is 3.08. The standard InChI is InChI=1S/C18H12Br2F4O/c19-11-7-15(21)13(16(22)8-11)3-1-5-25-6-2-4-14-17(23)9-12(20)10-18(14)24/h1-4,7-10H,5-6H2/b3-1+,4-2+. The molecule has 0 saturated heterocycles. The third-order valence-corrected chi connectivity index (χ3v) is 4.00. The van der Waals surface area contributed by atoms with E-state index >= 15 is 0 Å². The van der Waals surface area contributed by atoms with Gasteiger partial charge in [-0.1, -0.05) is 56.2 Å². The van der Waals surface area contributed by atoms with Crippen LogP contribution in [0.5, 0.6) is 0 Å². The van der Waals surface area contributed by atoms with Gasteiger partial charge in [-0.2, -0.15) is 0 Å². The molecule has 0 radical (unpaired) electrons. The van der Waals surface area contributed by atoms with Crippen LogP contribution in [-0.2, 0) is 4.74 Å². The number of rotatable bonds is 6. The molecule has 0 amide bonds. The first-order chi connectivity index (χ1) is 11.9. The van der Waals surface area contributed by atoms with E-state index < -0.39 is 23.3 Å². The van der Waals surface area contributed by atoms with Gasteiger partial charge >= 0.3 is 0 Å². The van der Waals surface area contributed by atoms with Crippen molar-refractivity contribution in [1.29, 1.82) is 0 Å². The fourth-order valence-electron chi connectivity index (χ4n) is 1.96. The highest BCUT2D eigenvalue weighted by atomic mass is 79.9. The van der Waals surface area contributed by atoms with Crippen LogP contribution in [0, 0.1) is 23.3 Å². The lowest BCUT2D eigenvalue weighted by Crippen LogP contribution is -1.93. The summed E-state index contributed by atoms with van der Waals surface area (Å²) in [4.78, 5) is 0. The smallest absolute Gasteiger partial charge is 0.134 e. The van der Waals surface area contributed by atoms with Crippen molar-refractivity contribution in [2.75, 3.05) is 13.2 Å². The molecule has 0 aliphatic heterocycles. The number of benzene rings is 2. The molecule has 0 aromatic heterocycles. The molecule has 2 aromatic carbocycles. The Balaban J connectivity index is 1.86. The summed E-state index contributed by atoms with van der Waals surface area (Å²) in [6, 6.07) is 4.64. The number of hydrogen-bond donors (Lipinski definition) is 0. The minimum Gasteiger partial charge on any atom is -0.373 e. The van der Waals surface area contributed by atoms with E-state index in [4.69, 9.17) is 4.74 Å². The zero-order valence-electron chi connectivity index (χ0n) is 12.7. The Labute approximate surface area is 159 Å². The van der Waals surface area contributed by atoms with E-state index in [2.05, 4.69) is 31.9 Å². The first kappa shape index (κ1) is 19.9. The molecular formula is C18H12Br2F4O. The molecule has 2 rings (SSSR count). The van der Waals surface area contributed by atoms with E-state index in [-0.39, 0.29) is 24.3 Å². The van der Waals surface area contributed by atoms with Crippen LogP contribution in [0.1, 0.15) is 11.1 Å². The summed E-state index contributed by atoms with van der Waals surface area (Å²) < 4.78 is 60.2. The Kier molecular flexibility index (Phi) is 7.40. The number of hydrogen-bond acceptors (Lipinski definition) is 1. The molecule has 0 heterocycles. The van der Waals surface area contributed by atoms with Crippen molar-refractivity contribution < 1.29 is 22.3 Å². The van der Waals surface area contributed by atoms with Crippen molar-refractivity contribution >= 4 is 44.0 Å². The van der Waals surface area contributed by atoms with Crippen molar-refractivity contribution in [1.82, 2.24) is 0 Å². The van der Waals surface area contributed by atoms with E-state index in [9.17, 15) is 17.6 Å². The van der Waals surface area contributed by atoms with Gasteiger partial charge in [0.1, 0.15) is 23.3 Å². The highest BCUT2D eigenvalue weighted by Gasteiger charge is 2.08. The van der Waals surface area contributed by atoms with Crippen LogP contribution in [0.25, 0.3) is 12.2 Å². The van der Waals surface area contributed by atoms with Crippen LogP contribution in [-0.4, -0.2) is 13.2 Å². The lowest BCUT2D eigenvalue weighted by molar-refractivity contribution is 0.195. The van der Waals surface area contributed by atoms with E-state index in [1.165, 1.54) is 24.3 Å². The van der Waals surface area contributed by atoms with Gasteiger partial charge in [0.25, 0.3) is 0 Å². The normalized spacial score (nSPS) is 11.8. The predicted octanol–water partition coefficient (Wildman–Crippen LogP) is 6.51. The molecule has 0 spiro atoms. The lowest BCUT2D eigenvalue weighted by atomic mass is 10.2. The number of ether oxygens (including phenoxy) is 1. The number of halogens is 6.